The SMILES string of the molecule is CC1(C)OB(c2cc3ccc4cccc5c4c3c(c2)n5-c2ccccc2)OC1(C)C. The summed E-state index contributed by atoms with van der Waals surface area (Å²) in [7, 11) is -0.382. The Kier molecular flexibility index (Phi) is 3.52. The summed E-state index contributed by atoms with van der Waals surface area (Å²) in [6.07, 6.45) is 0. The van der Waals surface area contributed by atoms with E-state index in [1.54, 1.807) is 0 Å². The summed E-state index contributed by atoms with van der Waals surface area (Å²) in [5.41, 5.74) is 3.91. The minimum atomic E-state index is -0.382. The lowest BCUT2D eigenvalue weighted by molar-refractivity contribution is 0.00578. The van der Waals surface area contributed by atoms with Gasteiger partial charge in [-0.1, -0.05) is 48.5 Å². The van der Waals surface area contributed by atoms with Gasteiger partial charge in [-0.05, 0) is 68.2 Å². The van der Waals surface area contributed by atoms with Gasteiger partial charge in [0, 0.05) is 16.5 Å². The van der Waals surface area contributed by atoms with Crippen LogP contribution >= 0.6 is 0 Å². The zero-order valence-electron chi connectivity index (χ0n) is 17.8. The van der Waals surface area contributed by atoms with Crippen molar-refractivity contribution in [2.24, 2.45) is 0 Å². The van der Waals surface area contributed by atoms with Crippen LogP contribution in [0.4, 0.5) is 0 Å². The summed E-state index contributed by atoms with van der Waals surface area (Å²) in [4.78, 5) is 0. The van der Waals surface area contributed by atoms with Crippen LogP contribution in [0.3, 0.4) is 0 Å². The molecule has 3 nitrogen and oxygen atoms in total. The molecule has 1 saturated heterocycles. The Morgan fingerprint density at radius 1 is 0.667 bits per heavy atom. The molecule has 0 aliphatic carbocycles. The maximum absolute atomic E-state index is 6.38. The standard InChI is InChI=1S/C26H24BNO2/c1-25(2)26(3,4)30-27(29-25)19-15-18-14-13-17-9-8-12-21-23(17)24(18)22(16-19)28(21)20-10-6-5-7-11-20/h5-16H,1-4H3. The van der Waals surface area contributed by atoms with Crippen LogP contribution in [-0.2, 0) is 9.31 Å². The molecule has 148 valence electrons. The molecular formula is C26H24BNO2. The van der Waals surface area contributed by atoms with Gasteiger partial charge in [-0.3, -0.25) is 0 Å². The van der Waals surface area contributed by atoms with Gasteiger partial charge in [-0.25, -0.2) is 0 Å². The fourth-order valence-electron chi connectivity index (χ4n) is 4.69. The number of nitrogens with zero attached hydrogens (tertiary/aromatic N) is 1. The van der Waals surface area contributed by atoms with Crippen molar-refractivity contribution in [1.82, 2.24) is 4.57 Å². The topological polar surface area (TPSA) is 23.4 Å². The largest absolute Gasteiger partial charge is 0.494 e. The van der Waals surface area contributed by atoms with Crippen molar-refractivity contribution in [1.29, 1.82) is 0 Å². The Hall–Kier alpha value is -2.82. The van der Waals surface area contributed by atoms with Gasteiger partial charge in [0.15, 0.2) is 0 Å². The van der Waals surface area contributed by atoms with Crippen LogP contribution in [0.5, 0.6) is 0 Å². The van der Waals surface area contributed by atoms with Crippen molar-refractivity contribution in [3.05, 3.63) is 72.8 Å². The van der Waals surface area contributed by atoms with Gasteiger partial charge in [-0.15, -0.1) is 0 Å². The van der Waals surface area contributed by atoms with Crippen LogP contribution in [0, 0.1) is 0 Å². The van der Waals surface area contributed by atoms with Gasteiger partial charge < -0.3 is 13.9 Å². The van der Waals surface area contributed by atoms with Gasteiger partial charge in [0.1, 0.15) is 0 Å². The number of aromatic nitrogens is 1. The van der Waals surface area contributed by atoms with E-state index in [1.807, 2.05) is 0 Å². The van der Waals surface area contributed by atoms with Crippen LogP contribution in [0.15, 0.2) is 72.8 Å². The highest BCUT2D eigenvalue weighted by atomic mass is 16.7. The maximum Gasteiger partial charge on any atom is 0.494 e. The predicted molar refractivity (Wildman–Crippen MR) is 125 cm³/mol. The summed E-state index contributed by atoms with van der Waals surface area (Å²) in [5.74, 6) is 0. The summed E-state index contributed by atoms with van der Waals surface area (Å²) >= 11 is 0. The predicted octanol–water partition coefficient (Wildman–Crippen LogP) is 5.67. The number of para-hydroxylation sites is 1. The Morgan fingerprint density at radius 3 is 2.07 bits per heavy atom. The van der Waals surface area contributed by atoms with Crippen molar-refractivity contribution in [3.8, 4) is 5.69 Å². The van der Waals surface area contributed by atoms with Crippen LogP contribution in [0.1, 0.15) is 27.7 Å². The van der Waals surface area contributed by atoms with E-state index >= 15 is 0 Å². The van der Waals surface area contributed by atoms with E-state index in [0.717, 1.165) is 11.2 Å². The first-order valence-electron chi connectivity index (χ1n) is 10.6. The summed E-state index contributed by atoms with van der Waals surface area (Å²) in [6, 6.07) is 26.0. The van der Waals surface area contributed by atoms with Crippen LogP contribution in [0.2, 0.25) is 0 Å². The lowest BCUT2D eigenvalue weighted by Gasteiger charge is -2.32. The fourth-order valence-corrected chi connectivity index (χ4v) is 4.69. The number of hydrogen-bond donors (Lipinski definition) is 0. The molecule has 30 heavy (non-hydrogen) atoms. The molecule has 1 fully saturated rings. The highest BCUT2D eigenvalue weighted by molar-refractivity contribution is 6.62. The van der Waals surface area contributed by atoms with Gasteiger partial charge in [0.05, 0.1) is 22.2 Å². The van der Waals surface area contributed by atoms with Crippen molar-refractivity contribution in [3.63, 3.8) is 0 Å². The van der Waals surface area contributed by atoms with E-state index in [4.69, 9.17) is 9.31 Å². The molecule has 0 bridgehead atoms. The average Bonchev–Trinajstić information content (AvgIpc) is 3.18. The van der Waals surface area contributed by atoms with Gasteiger partial charge in [-0.2, -0.15) is 0 Å². The molecule has 0 spiro atoms. The molecule has 4 aromatic carbocycles. The zero-order chi connectivity index (χ0) is 20.7. The lowest BCUT2D eigenvalue weighted by atomic mass is 9.78. The summed E-state index contributed by atoms with van der Waals surface area (Å²) in [5, 5.41) is 5.10. The van der Waals surface area contributed by atoms with E-state index in [0.29, 0.717) is 0 Å². The van der Waals surface area contributed by atoms with E-state index in [9.17, 15) is 0 Å². The molecule has 0 saturated carbocycles. The number of benzene rings is 4. The highest BCUT2D eigenvalue weighted by Gasteiger charge is 2.51. The quantitative estimate of drug-likeness (QED) is 0.285. The van der Waals surface area contributed by atoms with Crippen LogP contribution in [0.25, 0.3) is 38.3 Å². The maximum atomic E-state index is 6.38. The molecule has 0 atom stereocenters. The molecule has 5 aromatic rings. The Labute approximate surface area is 176 Å². The van der Waals surface area contributed by atoms with E-state index < -0.39 is 0 Å². The molecule has 2 heterocycles. The van der Waals surface area contributed by atoms with Crippen molar-refractivity contribution < 1.29 is 9.31 Å². The molecule has 4 heteroatoms. The van der Waals surface area contributed by atoms with Crippen molar-refractivity contribution >= 4 is 45.2 Å². The normalized spacial score (nSPS) is 18.2. The molecule has 0 radical (unpaired) electrons. The van der Waals surface area contributed by atoms with Gasteiger partial charge >= 0.3 is 7.12 Å². The fraction of sp³-hybridized carbons (Fsp3) is 0.231. The Balaban J connectivity index is 1.68. The monoisotopic (exact) mass is 393 g/mol. The first-order valence-corrected chi connectivity index (χ1v) is 10.6. The van der Waals surface area contributed by atoms with Crippen molar-refractivity contribution in [2.75, 3.05) is 0 Å². The van der Waals surface area contributed by atoms with Crippen LogP contribution < -0.4 is 5.46 Å². The van der Waals surface area contributed by atoms with Crippen LogP contribution in [-0.4, -0.2) is 22.9 Å². The Bertz CT molecular complexity index is 1380. The second-order valence-electron chi connectivity index (χ2n) is 9.34. The number of rotatable bonds is 2. The third-order valence-corrected chi connectivity index (χ3v) is 6.96. The molecule has 0 N–H and O–H groups in total. The molecule has 6 rings (SSSR count). The van der Waals surface area contributed by atoms with E-state index in [2.05, 4.69) is 105 Å². The molecule has 1 aliphatic heterocycles. The van der Waals surface area contributed by atoms with E-state index in [1.165, 1.54) is 32.6 Å². The molecule has 0 unspecified atom stereocenters. The minimum Gasteiger partial charge on any atom is -0.399 e. The molecule has 1 aliphatic rings. The first kappa shape index (κ1) is 18.0. The zero-order valence-corrected chi connectivity index (χ0v) is 17.8. The molecular weight excluding hydrogens is 369 g/mol. The summed E-state index contributed by atoms with van der Waals surface area (Å²) < 4.78 is 15.1. The second kappa shape index (κ2) is 5.87. The van der Waals surface area contributed by atoms with E-state index in [-0.39, 0.29) is 18.3 Å². The summed E-state index contributed by atoms with van der Waals surface area (Å²) in [6.45, 7) is 8.40. The highest BCUT2D eigenvalue weighted by Crippen LogP contribution is 2.40. The number of hydrogen-bond acceptors (Lipinski definition) is 2. The Morgan fingerprint density at radius 2 is 1.33 bits per heavy atom. The second-order valence-corrected chi connectivity index (χ2v) is 9.34. The minimum absolute atomic E-state index is 0.362. The third-order valence-electron chi connectivity index (χ3n) is 6.96. The van der Waals surface area contributed by atoms with Gasteiger partial charge in [0.25, 0.3) is 0 Å². The third kappa shape index (κ3) is 2.35. The molecule has 1 aromatic heterocycles. The smallest absolute Gasteiger partial charge is 0.399 e. The first-order chi connectivity index (χ1) is 14.4. The average molecular weight is 393 g/mol. The van der Waals surface area contributed by atoms with Crippen molar-refractivity contribution in [2.45, 2.75) is 38.9 Å². The lowest BCUT2D eigenvalue weighted by Crippen LogP contribution is -2.41. The van der Waals surface area contributed by atoms with Gasteiger partial charge in [0.2, 0.25) is 0 Å². The molecule has 0 amide bonds.